The van der Waals surface area contributed by atoms with E-state index in [0.29, 0.717) is 0 Å². The molecule has 0 fully saturated rings. The highest BCUT2D eigenvalue weighted by molar-refractivity contribution is 7.99. The van der Waals surface area contributed by atoms with Crippen LogP contribution in [-0.2, 0) is 4.79 Å². The van der Waals surface area contributed by atoms with Crippen LogP contribution >= 0.6 is 11.8 Å². The number of anilines is 2. The molecular weight excluding hydrogens is 298 g/mol. The number of carbonyl (C=O) groups is 1. The molecule has 2 aromatic carbocycles. The minimum absolute atomic E-state index is 0.511. The highest BCUT2D eigenvalue weighted by atomic mass is 32.2. The zero-order valence-corrected chi connectivity index (χ0v) is 13.5. The van der Waals surface area contributed by atoms with E-state index in [2.05, 4.69) is 4.90 Å². The molecule has 1 aliphatic rings. The second kappa shape index (κ2) is 5.57. The summed E-state index contributed by atoms with van der Waals surface area (Å²) in [5, 5.41) is 9.18. The number of nitrogens with zero attached hydrogens (tertiary/aromatic N) is 1. The normalized spacial score (nSPS) is 14.0. The van der Waals surface area contributed by atoms with Gasteiger partial charge in [0.1, 0.15) is 5.75 Å². The van der Waals surface area contributed by atoms with Crippen molar-refractivity contribution in [2.24, 2.45) is 0 Å². The van der Waals surface area contributed by atoms with Crippen molar-refractivity contribution in [3.05, 3.63) is 42.0 Å². The number of carboxylic acid groups (broad SMARTS) is 1. The Morgan fingerprint density at radius 3 is 2.45 bits per heavy atom. The molecule has 3 rings (SSSR count). The van der Waals surface area contributed by atoms with Crippen LogP contribution < -0.4 is 9.64 Å². The molecule has 4 nitrogen and oxygen atoms in total. The summed E-state index contributed by atoms with van der Waals surface area (Å²) < 4.78 is 5.29. The first-order chi connectivity index (χ1) is 10.5. The molecule has 1 atom stereocenters. The van der Waals surface area contributed by atoms with Gasteiger partial charge in [0.25, 0.3) is 0 Å². The van der Waals surface area contributed by atoms with Crippen molar-refractivity contribution in [3.63, 3.8) is 0 Å². The van der Waals surface area contributed by atoms with Gasteiger partial charge in [0.05, 0.1) is 24.4 Å². The first-order valence-corrected chi connectivity index (χ1v) is 7.79. The van der Waals surface area contributed by atoms with Crippen molar-refractivity contribution in [1.82, 2.24) is 0 Å². The van der Waals surface area contributed by atoms with E-state index in [1.54, 1.807) is 25.8 Å². The van der Waals surface area contributed by atoms with Gasteiger partial charge in [-0.05, 0) is 42.8 Å². The maximum Gasteiger partial charge on any atom is 0.310 e. The third-order valence-corrected chi connectivity index (χ3v) is 5.06. The second-order valence-corrected chi connectivity index (χ2v) is 6.37. The lowest BCUT2D eigenvalue weighted by molar-refractivity contribution is -0.138. The Hall–Kier alpha value is -2.14. The van der Waals surface area contributed by atoms with E-state index in [9.17, 15) is 9.90 Å². The predicted molar refractivity (Wildman–Crippen MR) is 87.7 cm³/mol. The van der Waals surface area contributed by atoms with Gasteiger partial charge in [-0.15, -0.1) is 0 Å². The molecule has 0 spiro atoms. The highest BCUT2D eigenvalue weighted by Gasteiger charge is 2.23. The lowest BCUT2D eigenvalue weighted by Gasteiger charge is -2.30. The molecule has 5 heteroatoms. The standard InChI is InChI=1S/C17H17NO3S/c1-10(17(19)20)11-4-6-13-15(8-11)22-16-9-12(21-3)5-7-14(16)18(13)2/h4-10H,1-3H3,(H,19,20). The SMILES string of the molecule is COc1ccc2c(c1)Sc1cc(C(C)C(=O)O)ccc1N2C. The third-order valence-electron chi connectivity index (χ3n) is 3.96. The second-order valence-electron chi connectivity index (χ2n) is 5.28. The summed E-state index contributed by atoms with van der Waals surface area (Å²) in [5.41, 5.74) is 3.03. The molecule has 2 aromatic rings. The van der Waals surface area contributed by atoms with Crippen LogP contribution in [0.4, 0.5) is 11.4 Å². The predicted octanol–water partition coefficient (Wildman–Crippen LogP) is 4.12. The number of fused-ring (bicyclic) bond motifs is 2. The zero-order chi connectivity index (χ0) is 15.9. The lowest BCUT2D eigenvalue weighted by Crippen LogP contribution is -2.15. The highest BCUT2D eigenvalue weighted by Crippen LogP contribution is 2.49. The molecule has 0 aromatic heterocycles. The number of hydrogen-bond donors (Lipinski definition) is 1. The van der Waals surface area contributed by atoms with Gasteiger partial charge in [0, 0.05) is 16.8 Å². The fourth-order valence-electron chi connectivity index (χ4n) is 2.53. The van der Waals surface area contributed by atoms with Crippen LogP contribution in [-0.4, -0.2) is 25.2 Å². The van der Waals surface area contributed by atoms with Crippen molar-refractivity contribution >= 4 is 29.1 Å². The van der Waals surface area contributed by atoms with E-state index >= 15 is 0 Å². The molecule has 0 bridgehead atoms. The molecule has 1 N–H and O–H groups in total. The van der Waals surface area contributed by atoms with E-state index in [0.717, 1.165) is 32.5 Å². The van der Waals surface area contributed by atoms with Gasteiger partial charge in [-0.2, -0.15) is 0 Å². The maximum absolute atomic E-state index is 11.2. The monoisotopic (exact) mass is 315 g/mol. The molecule has 0 saturated heterocycles. The summed E-state index contributed by atoms with van der Waals surface area (Å²) in [4.78, 5) is 15.5. The molecule has 22 heavy (non-hydrogen) atoms. The Bertz CT molecular complexity index is 745. The molecule has 1 heterocycles. The number of rotatable bonds is 3. The van der Waals surface area contributed by atoms with Crippen molar-refractivity contribution in [1.29, 1.82) is 0 Å². The van der Waals surface area contributed by atoms with Gasteiger partial charge in [0.2, 0.25) is 0 Å². The van der Waals surface area contributed by atoms with E-state index in [-0.39, 0.29) is 0 Å². The van der Waals surface area contributed by atoms with Crippen LogP contribution in [0.3, 0.4) is 0 Å². The Morgan fingerprint density at radius 2 is 1.82 bits per heavy atom. The number of ether oxygens (including phenoxy) is 1. The molecule has 0 radical (unpaired) electrons. The topological polar surface area (TPSA) is 49.8 Å². The van der Waals surface area contributed by atoms with Gasteiger partial charge < -0.3 is 14.7 Å². The molecule has 0 aliphatic carbocycles. The summed E-state index contributed by atoms with van der Waals surface area (Å²) >= 11 is 1.64. The van der Waals surface area contributed by atoms with Gasteiger partial charge in [-0.3, -0.25) is 4.79 Å². The third kappa shape index (κ3) is 2.41. The number of benzene rings is 2. The number of methoxy groups -OCH3 is 1. The van der Waals surface area contributed by atoms with Crippen LogP contribution in [0.5, 0.6) is 5.75 Å². The number of carboxylic acids is 1. The van der Waals surface area contributed by atoms with Crippen LogP contribution in [0.25, 0.3) is 0 Å². The average molecular weight is 315 g/mol. The summed E-state index contributed by atoms with van der Waals surface area (Å²) in [6.07, 6.45) is 0. The fraction of sp³-hybridized carbons (Fsp3) is 0.235. The largest absolute Gasteiger partial charge is 0.497 e. The van der Waals surface area contributed by atoms with Crippen LogP contribution in [0.15, 0.2) is 46.2 Å². The van der Waals surface area contributed by atoms with Crippen molar-refractivity contribution in [3.8, 4) is 5.75 Å². The molecule has 1 unspecified atom stereocenters. The average Bonchev–Trinajstić information content (AvgIpc) is 2.53. The Labute approximate surface area is 133 Å². The summed E-state index contributed by atoms with van der Waals surface area (Å²) in [6.45, 7) is 1.71. The van der Waals surface area contributed by atoms with Gasteiger partial charge in [0.15, 0.2) is 0 Å². The summed E-state index contributed by atoms with van der Waals surface area (Å²) in [6, 6.07) is 11.8. The summed E-state index contributed by atoms with van der Waals surface area (Å²) in [5.74, 6) is -0.503. The van der Waals surface area contributed by atoms with Crippen LogP contribution in [0.2, 0.25) is 0 Å². The summed E-state index contributed by atoms with van der Waals surface area (Å²) in [7, 11) is 3.67. The van der Waals surface area contributed by atoms with E-state index < -0.39 is 11.9 Å². The molecule has 0 saturated carbocycles. The molecule has 1 aliphatic heterocycles. The number of hydrogen-bond acceptors (Lipinski definition) is 4. The van der Waals surface area contributed by atoms with Crippen molar-refractivity contribution < 1.29 is 14.6 Å². The van der Waals surface area contributed by atoms with E-state index in [1.807, 2.05) is 43.4 Å². The van der Waals surface area contributed by atoms with Crippen LogP contribution in [0, 0.1) is 0 Å². The molecular formula is C17H17NO3S. The number of aliphatic carboxylic acids is 1. The Kier molecular flexibility index (Phi) is 3.74. The van der Waals surface area contributed by atoms with Crippen molar-refractivity contribution in [2.45, 2.75) is 22.6 Å². The lowest BCUT2D eigenvalue weighted by atomic mass is 10.0. The smallest absolute Gasteiger partial charge is 0.310 e. The van der Waals surface area contributed by atoms with Crippen molar-refractivity contribution in [2.75, 3.05) is 19.1 Å². The zero-order valence-electron chi connectivity index (χ0n) is 12.7. The quantitative estimate of drug-likeness (QED) is 0.923. The van der Waals surface area contributed by atoms with E-state index in [4.69, 9.17) is 4.74 Å². The molecule has 0 amide bonds. The Morgan fingerprint density at radius 1 is 1.18 bits per heavy atom. The van der Waals surface area contributed by atoms with Gasteiger partial charge >= 0.3 is 5.97 Å². The van der Waals surface area contributed by atoms with Crippen LogP contribution in [0.1, 0.15) is 18.4 Å². The first kappa shape index (κ1) is 14.8. The first-order valence-electron chi connectivity index (χ1n) is 6.97. The maximum atomic E-state index is 11.2. The van der Waals surface area contributed by atoms with Gasteiger partial charge in [-0.25, -0.2) is 0 Å². The van der Waals surface area contributed by atoms with E-state index in [1.165, 1.54) is 0 Å². The minimum Gasteiger partial charge on any atom is -0.497 e. The minimum atomic E-state index is -0.809. The molecule has 114 valence electrons. The van der Waals surface area contributed by atoms with Gasteiger partial charge in [-0.1, -0.05) is 17.8 Å². The fourth-order valence-corrected chi connectivity index (χ4v) is 3.76. The Balaban J connectivity index is 2.04.